The Morgan fingerprint density at radius 1 is 1.06 bits per heavy atom. The number of fused-ring (bicyclic) bond motifs is 1. The van der Waals surface area contributed by atoms with Crippen LogP contribution in [-0.4, -0.2) is 36.6 Å². The highest BCUT2D eigenvalue weighted by molar-refractivity contribution is 8.00. The van der Waals surface area contributed by atoms with E-state index in [9.17, 15) is 4.79 Å². The molecule has 4 aromatic rings. The van der Waals surface area contributed by atoms with E-state index in [1.807, 2.05) is 43.3 Å². The zero-order valence-electron chi connectivity index (χ0n) is 17.6. The van der Waals surface area contributed by atoms with Gasteiger partial charge in [-0.2, -0.15) is 4.68 Å². The lowest BCUT2D eigenvalue weighted by Crippen LogP contribution is -2.14. The molecule has 1 N–H and O–H groups in total. The van der Waals surface area contributed by atoms with Crippen molar-refractivity contribution >= 4 is 34.5 Å². The number of hydrogen-bond acceptors (Lipinski definition) is 6. The maximum absolute atomic E-state index is 12.4. The number of unbranched alkanes of at least 4 members (excludes halogenated alkanes) is 1. The van der Waals surface area contributed by atoms with E-state index >= 15 is 0 Å². The number of aromatic nitrogens is 5. The van der Waals surface area contributed by atoms with Gasteiger partial charge in [-0.15, -0.1) is 5.10 Å². The second kappa shape index (κ2) is 9.70. The summed E-state index contributed by atoms with van der Waals surface area (Å²) in [5.41, 5.74) is 5.33. The molecule has 0 fully saturated rings. The van der Waals surface area contributed by atoms with Crippen LogP contribution in [0.3, 0.4) is 0 Å². The molecule has 0 aliphatic carbocycles. The summed E-state index contributed by atoms with van der Waals surface area (Å²) in [6, 6.07) is 16.0. The molecule has 1 amide bonds. The Labute approximate surface area is 185 Å². The number of amides is 1. The van der Waals surface area contributed by atoms with Gasteiger partial charge in [-0.1, -0.05) is 60.1 Å². The van der Waals surface area contributed by atoms with Gasteiger partial charge in [0.05, 0.1) is 11.4 Å². The number of nitrogens with zero attached hydrogens (tertiary/aromatic N) is 5. The van der Waals surface area contributed by atoms with Gasteiger partial charge in [0.1, 0.15) is 11.4 Å². The van der Waals surface area contributed by atoms with Crippen LogP contribution in [0.15, 0.2) is 59.9 Å². The van der Waals surface area contributed by atoms with Crippen molar-refractivity contribution in [3.05, 3.63) is 66.0 Å². The summed E-state index contributed by atoms with van der Waals surface area (Å²) in [4.78, 5) is 21.1. The summed E-state index contributed by atoms with van der Waals surface area (Å²) in [6.07, 6.45) is 4.88. The van der Waals surface area contributed by atoms with Gasteiger partial charge in [0.25, 0.3) is 0 Å². The third-order valence-electron chi connectivity index (χ3n) is 4.88. The molecule has 2 heterocycles. The highest BCUT2D eigenvalue weighted by atomic mass is 32.2. The van der Waals surface area contributed by atoms with Gasteiger partial charge in [0.2, 0.25) is 5.91 Å². The van der Waals surface area contributed by atoms with Crippen LogP contribution in [0.1, 0.15) is 30.9 Å². The fourth-order valence-corrected chi connectivity index (χ4v) is 3.89. The smallest absolute Gasteiger partial charge is 0.234 e. The molecule has 0 saturated heterocycles. The number of aryl methyl sites for hydroxylation is 2. The monoisotopic (exact) mass is 432 g/mol. The second-order valence-electron chi connectivity index (χ2n) is 7.33. The normalized spacial score (nSPS) is 11.0. The zero-order chi connectivity index (χ0) is 21.6. The minimum atomic E-state index is -0.0935. The summed E-state index contributed by atoms with van der Waals surface area (Å²) >= 11 is 1.32. The quantitative estimate of drug-likeness (QED) is 0.324. The van der Waals surface area contributed by atoms with E-state index in [0.717, 1.165) is 17.8 Å². The van der Waals surface area contributed by atoms with Crippen LogP contribution in [0, 0.1) is 6.92 Å². The van der Waals surface area contributed by atoms with Crippen LogP contribution in [0.5, 0.6) is 0 Å². The predicted molar refractivity (Wildman–Crippen MR) is 124 cm³/mol. The highest BCUT2D eigenvalue weighted by Gasteiger charge is 2.14. The average molecular weight is 433 g/mol. The summed E-state index contributed by atoms with van der Waals surface area (Å²) in [7, 11) is 0. The number of nitrogens with one attached hydrogen (secondary N) is 1. The fourth-order valence-electron chi connectivity index (χ4n) is 3.16. The van der Waals surface area contributed by atoms with Crippen LogP contribution < -0.4 is 5.32 Å². The molecule has 0 bridgehead atoms. The summed E-state index contributed by atoms with van der Waals surface area (Å²) in [6.45, 7) is 4.21. The summed E-state index contributed by atoms with van der Waals surface area (Å²) in [5.74, 6) is 0.130. The Bertz CT molecular complexity index is 1170. The molecule has 0 spiro atoms. The van der Waals surface area contributed by atoms with Crippen molar-refractivity contribution in [2.75, 3.05) is 11.1 Å². The molecule has 7 nitrogen and oxygen atoms in total. The molecule has 0 unspecified atom stereocenters. The van der Waals surface area contributed by atoms with E-state index in [1.54, 1.807) is 4.68 Å². The van der Waals surface area contributed by atoms with E-state index in [4.69, 9.17) is 0 Å². The van der Waals surface area contributed by atoms with Gasteiger partial charge < -0.3 is 5.32 Å². The van der Waals surface area contributed by atoms with Crippen LogP contribution in [0.25, 0.3) is 16.9 Å². The lowest BCUT2D eigenvalue weighted by atomic mass is 10.1. The molecule has 158 valence electrons. The van der Waals surface area contributed by atoms with Crippen molar-refractivity contribution in [1.29, 1.82) is 0 Å². The second-order valence-corrected chi connectivity index (χ2v) is 8.29. The van der Waals surface area contributed by atoms with Gasteiger partial charge >= 0.3 is 0 Å². The molecular formula is C23H24N6OS. The van der Waals surface area contributed by atoms with Crippen molar-refractivity contribution in [3.8, 4) is 5.69 Å². The standard InChI is InChI=1S/C23H24N6OS/c1-3-4-5-17-8-10-18(11-9-17)26-20(30)14-31-23-21-22(24-15-25-23)29(28-27-21)19-12-6-16(2)7-13-19/h6-13,15H,3-5,14H2,1-2H3,(H,26,30). The Hall–Kier alpha value is -3.26. The third-order valence-corrected chi connectivity index (χ3v) is 5.86. The molecule has 0 saturated carbocycles. The lowest BCUT2D eigenvalue weighted by molar-refractivity contribution is -0.113. The van der Waals surface area contributed by atoms with E-state index < -0.39 is 0 Å². The molecule has 0 radical (unpaired) electrons. The van der Waals surface area contributed by atoms with Crippen LogP contribution >= 0.6 is 11.8 Å². The number of benzene rings is 2. The number of anilines is 1. The maximum Gasteiger partial charge on any atom is 0.234 e. The predicted octanol–water partition coefficient (Wildman–Crippen LogP) is 4.59. The average Bonchev–Trinajstić information content (AvgIpc) is 3.22. The summed E-state index contributed by atoms with van der Waals surface area (Å²) < 4.78 is 1.68. The largest absolute Gasteiger partial charge is 0.325 e. The van der Waals surface area contributed by atoms with Crippen molar-refractivity contribution in [2.45, 2.75) is 38.1 Å². The molecule has 0 aliphatic heterocycles. The van der Waals surface area contributed by atoms with E-state index in [1.165, 1.54) is 42.1 Å². The van der Waals surface area contributed by atoms with Gasteiger partial charge in [0.15, 0.2) is 11.2 Å². The molecule has 8 heteroatoms. The SMILES string of the molecule is CCCCc1ccc(NC(=O)CSc2ncnc3c2nnn3-c2ccc(C)cc2)cc1. The Morgan fingerprint density at radius 3 is 2.58 bits per heavy atom. The highest BCUT2D eigenvalue weighted by Crippen LogP contribution is 2.24. The Morgan fingerprint density at radius 2 is 1.84 bits per heavy atom. The van der Waals surface area contributed by atoms with Gasteiger partial charge in [-0.3, -0.25) is 4.79 Å². The van der Waals surface area contributed by atoms with E-state index in [2.05, 4.69) is 44.7 Å². The number of thioether (sulfide) groups is 1. The van der Waals surface area contributed by atoms with Crippen molar-refractivity contribution in [1.82, 2.24) is 25.0 Å². The minimum absolute atomic E-state index is 0.0935. The molecule has 4 rings (SSSR count). The van der Waals surface area contributed by atoms with Crippen LogP contribution in [0.2, 0.25) is 0 Å². The number of rotatable bonds is 8. The minimum Gasteiger partial charge on any atom is -0.325 e. The molecule has 2 aromatic carbocycles. The Balaban J connectivity index is 1.42. The van der Waals surface area contributed by atoms with Gasteiger partial charge in [-0.05, 0) is 49.6 Å². The van der Waals surface area contributed by atoms with E-state index in [-0.39, 0.29) is 11.7 Å². The van der Waals surface area contributed by atoms with Crippen molar-refractivity contribution < 1.29 is 4.79 Å². The van der Waals surface area contributed by atoms with Crippen LogP contribution in [0.4, 0.5) is 5.69 Å². The fraction of sp³-hybridized carbons (Fsp3) is 0.261. The molecule has 0 aliphatic rings. The number of hydrogen-bond donors (Lipinski definition) is 1. The summed E-state index contributed by atoms with van der Waals surface area (Å²) in [5, 5.41) is 12.0. The lowest BCUT2D eigenvalue weighted by Gasteiger charge is -2.07. The third kappa shape index (κ3) is 5.08. The molecule has 2 aromatic heterocycles. The van der Waals surface area contributed by atoms with Crippen molar-refractivity contribution in [3.63, 3.8) is 0 Å². The molecular weight excluding hydrogens is 408 g/mol. The maximum atomic E-state index is 12.4. The van der Waals surface area contributed by atoms with E-state index in [0.29, 0.717) is 16.2 Å². The first kappa shape index (κ1) is 21.0. The first-order valence-electron chi connectivity index (χ1n) is 10.3. The van der Waals surface area contributed by atoms with Gasteiger partial charge in [-0.25, -0.2) is 9.97 Å². The van der Waals surface area contributed by atoms with Crippen molar-refractivity contribution in [2.24, 2.45) is 0 Å². The number of carbonyl (C=O) groups excluding carboxylic acids is 1. The number of carbonyl (C=O) groups is 1. The Kier molecular flexibility index (Phi) is 6.57. The van der Waals surface area contributed by atoms with Gasteiger partial charge in [0, 0.05) is 5.69 Å². The zero-order valence-corrected chi connectivity index (χ0v) is 18.4. The van der Waals surface area contributed by atoms with Crippen LogP contribution in [-0.2, 0) is 11.2 Å². The first-order chi connectivity index (χ1) is 15.1. The topological polar surface area (TPSA) is 85.6 Å². The first-order valence-corrected chi connectivity index (χ1v) is 11.3. The molecule has 31 heavy (non-hydrogen) atoms. The molecule has 0 atom stereocenters.